The molecule has 3 nitrogen and oxygen atoms in total. The molecule has 3 N–H and O–H groups in total. The van der Waals surface area contributed by atoms with Gasteiger partial charge < -0.3 is 5.73 Å². The average Bonchev–Trinajstić information content (AvgIpc) is 2.36. The Hall–Kier alpha value is -0.970. The number of aromatic nitrogens is 2. The van der Waals surface area contributed by atoms with E-state index in [4.69, 9.17) is 5.73 Å². The Morgan fingerprint density at radius 1 is 1.60 bits per heavy atom. The average molecular weight is 147 g/mol. The highest BCUT2D eigenvalue weighted by Gasteiger charge is 2.17. The number of aromatic amines is 1. The molecule has 0 saturated heterocycles. The van der Waals surface area contributed by atoms with Crippen molar-refractivity contribution in [2.24, 2.45) is 5.73 Å². The van der Waals surface area contributed by atoms with Crippen LogP contribution in [0.4, 0.5) is 8.78 Å². The van der Waals surface area contributed by atoms with E-state index in [1.54, 1.807) is 0 Å². The maximum Gasteiger partial charge on any atom is 0.259 e. The van der Waals surface area contributed by atoms with Crippen molar-refractivity contribution in [3.8, 4) is 0 Å². The van der Waals surface area contributed by atoms with Gasteiger partial charge in [-0.25, -0.2) is 8.78 Å². The van der Waals surface area contributed by atoms with Gasteiger partial charge in [0.05, 0.1) is 5.69 Å². The van der Waals surface area contributed by atoms with Gasteiger partial charge in [0.2, 0.25) is 0 Å². The molecule has 0 aliphatic rings. The summed E-state index contributed by atoms with van der Waals surface area (Å²) in [6.45, 7) is 0. The molecule has 0 saturated carbocycles. The summed E-state index contributed by atoms with van der Waals surface area (Å²) in [5.74, 6) is 0. The zero-order chi connectivity index (χ0) is 7.56. The first kappa shape index (κ1) is 7.14. The third-order valence-corrected chi connectivity index (χ3v) is 1.15. The second-order valence-corrected chi connectivity index (χ2v) is 1.87. The molecule has 1 aromatic heterocycles. The van der Waals surface area contributed by atoms with Crippen molar-refractivity contribution in [1.29, 1.82) is 0 Å². The van der Waals surface area contributed by atoms with E-state index in [-0.39, 0.29) is 5.69 Å². The lowest BCUT2D eigenvalue weighted by Gasteiger charge is -2.05. The van der Waals surface area contributed by atoms with Crippen molar-refractivity contribution in [2.75, 3.05) is 0 Å². The van der Waals surface area contributed by atoms with E-state index >= 15 is 0 Å². The first-order valence-corrected chi connectivity index (χ1v) is 2.75. The molecular weight excluding hydrogens is 140 g/mol. The van der Waals surface area contributed by atoms with E-state index in [1.165, 1.54) is 12.3 Å². The van der Waals surface area contributed by atoms with Crippen LogP contribution in [0, 0.1) is 0 Å². The van der Waals surface area contributed by atoms with Gasteiger partial charge >= 0.3 is 0 Å². The molecule has 0 spiro atoms. The van der Waals surface area contributed by atoms with Crippen molar-refractivity contribution < 1.29 is 8.78 Å². The summed E-state index contributed by atoms with van der Waals surface area (Å²) in [5.41, 5.74) is 5.32. The first-order chi connectivity index (χ1) is 4.72. The van der Waals surface area contributed by atoms with E-state index in [0.29, 0.717) is 0 Å². The highest BCUT2D eigenvalue weighted by molar-refractivity contribution is 5.04. The number of halogens is 2. The Balaban J connectivity index is 2.68. The molecule has 5 heteroatoms. The van der Waals surface area contributed by atoms with Gasteiger partial charge in [0, 0.05) is 6.20 Å². The molecule has 0 aromatic carbocycles. The molecule has 0 radical (unpaired) electrons. The molecule has 1 atom stereocenters. The van der Waals surface area contributed by atoms with Crippen LogP contribution in [0.15, 0.2) is 12.3 Å². The predicted molar refractivity (Wildman–Crippen MR) is 31.5 cm³/mol. The molecule has 56 valence electrons. The quantitative estimate of drug-likeness (QED) is 0.646. The minimum atomic E-state index is -2.54. The summed E-state index contributed by atoms with van der Waals surface area (Å²) in [5, 5.41) is 5.85. The maximum absolute atomic E-state index is 11.8. The van der Waals surface area contributed by atoms with E-state index in [1.807, 2.05) is 0 Å². The summed E-state index contributed by atoms with van der Waals surface area (Å²) in [7, 11) is 0. The zero-order valence-corrected chi connectivity index (χ0v) is 5.09. The van der Waals surface area contributed by atoms with Gasteiger partial charge in [-0.2, -0.15) is 5.10 Å². The third-order valence-electron chi connectivity index (χ3n) is 1.15. The van der Waals surface area contributed by atoms with Gasteiger partial charge in [-0.15, -0.1) is 0 Å². The Morgan fingerprint density at radius 2 is 2.30 bits per heavy atom. The Labute approximate surface area is 56.2 Å². The molecule has 1 rings (SSSR count). The highest BCUT2D eigenvalue weighted by atomic mass is 19.3. The lowest BCUT2D eigenvalue weighted by Crippen LogP contribution is -2.19. The molecule has 0 fully saturated rings. The number of alkyl halides is 2. The Kier molecular flexibility index (Phi) is 1.96. The van der Waals surface area contributed by atoms with Gasteiger partial charge in [-0.05, 0) is 6.07 Å². The summed E-state index contributed by atoms with van der Waals surface area (Å²) >= 11 is 0. The smallest absolute Gasteiger partial charge is 0.259 e. The fraction of sp³-hybridized carbons (Fsp3) is 0.400. The lowest BCUT2D eigenvalue weighted by atomic mass is 10.2. The van der Waals surface area contributed by atoms with Crippen molar-refractivity contribution in [2.45, 2.75) is 12.5 Å². The fourth-order valence-corrected chi connectivity index (χ4v) is 0.588. The summed E-state index contributed by atoms with van der Waals surface area (Å²) in [6, 6.07) is 0.180. The molecule has 0 aliphatic carbocycles. The minimum Gasteiger partial charge on any atom is -0.318 e. The van der Waals surface area contributed by atoms with Crippen molar-refractivity contribution in [3.63, 3.8) is 0 Å². The number of H-pyrrole nitrogens is 1. The molecule has 1 heterocycles. The maximum atomic E-state index is 11.8. The Bertz CT molecular complexity index is 185. The number of nitrogens with one attached hydrogen (secondary N) is 1. The number of rotatable bonds is 2. The van der Waals surface area contributed by atoms with Crippen molar-refractivity contribution in [1.82, 2.24) is 10.2 Å². The van der Waals surface area contributed by atoms with Crippen molar-refractivity contribution >= 4 is 0 Å². The van der Waals surface area contributed by atoms with Crippen LogP contribution < -0.4 is 5.73 Å². The summed E-state index contributed by atoms with van der Waals surface area (Å²) in [6.07, 6.45) is -1.15. The molecule has 0 aliphatic heterocycles. The second-order valence-electron chi connectivity index (χ2n) is 1.87. The predicted octanol–water partition coefficient (Wildman–Crippen LogP) is 0.675. The SMILES string of the molecule is NC(c1ccn[nH]1)C(F)F. The molecular formula is C5H7F2N3. The van der Waals surface area contributed by atoms with Crippen LogP contribution in [0.2, 0.25) is 0 Å². The zero-order valence-electron chi connectivity index (χ0n) is 5.09. The fourth-order valence-electron chi connectivity index (χ4n) is 0.588. The number of hydrogen-bond acceptors (Lipinski definition) is 2. The second kappa shape index (κ2) is 2.74. The van der Waals surface area contributed by atoms with Gasteiger partial charge in [0.15, 0.2) is 0 Å². The van der Waals surface area contributed by atoms with Gasteiger partial charge in [0.25, 0.3) is 6.43 Å². The van der Waals surface area contributed by atoms with Crippen LogP contribution in [0.25, 0.3) is 0 Å². The van der Waals surface area contributed by atoms with Crippen LogP contribution in [0.3, 0.4) is 0 Å². The largest absolute Gasteiger partial charge is 0.318 e. The molecule has 0 amide bonds. The van der Waals surface area contributed by atoms with E-state index in [2.05, 4.69) is 10.2 Å². The third kappa shape index (κ3) is 1.30. The number of nitrogens with zero attached hydrogens (tertiary/aromatic N) is 1. The standard InChI is InChI=1S/C5H7F2N3/c6-5(7)4(8)3-1-2-9-10-3/h1-2,4-5H,8H2,(H,9,10). The van der Waals surface area contributed by atoms with Gasteiger partial charge in [-0.3, -0.25) is 5.10 Å². The van der Waals surface area contributed by atoms with Crippen LogP contribution in [0.1, 0.15) is 11.7 Å². The molecule has 1 aromatic rings. The van der Waals surface area contributed by atoms with Gasteiger partial charge in [-0.1, -0.05) is 0 Å². The van der Waals surface area contributed by atoms with Crippen LogP contribution in [-0.2, 0) is 0 Å². The van der Waals surface area contributed by atoms with Crippen molar-refractivity contribution in [3.05, 3.63) is 18.0 Å². The van der Waals surface area contributed by atoms with Crippen LogP contribution in [-0.4, -0.2) is 16.6 Å². The summed E-state index contributed by atoms with van der Waals surface area (Å²) < 4.78 is 23.6. The normalized spacial score (nSPS) is 14.0. The van der Waals surface area contributed by atoms with Gasteiger partial charge in [0.1, 0.15) is 6.04 Å². The monoisotopic (exact) mass is 147 g/mol. The van der Waals surface area contributed by atoms with Crippen LogP contribution >= 0.6 is 0 Å². The van der Waals surface area contributed by atoms with E-state index < -0.39 is 12.5 Å². The molecule has 0 bridgehead atoms. The first-order valence-electron chi connectivity index (χ1n) is 2.75. The topological polar surface area (TPSA) is 54.7 Å². The minimum absolute atomic E-state index is 0.259. The highest BCUT2D eigenvalue weighted by Crippen LogP contribution is 2.13. The number of hydrogen-bond donors (Lipinski definition) is 2. The Morgan fingerprint density at radius 3 is 2.70 bits per heavy atom. The lowest BCUT2D eigenvalue weighted by molar-refractivity contribution is 0.114. The summed E-state index contributed by atoms with van der Waals surface area (Å²) in [4.78, 5) is 0. The number of nitrogens with two attached hydrogens (primary N) is 1. The molecule has 1 unspecified atom stereocenters. The molecule has 10 heavy (non-hydrogen) atoms. The van der Waals surface area contributed by atoms with E-state index in [9.17, 15) is 8.78 Å². The van der Waals surface area contributed by atoms with Crippen LogP contribution in [0.5, 0.6) is 0 Å². The van der Waals surface area contributed by atoms with E-state index in [0.717, 1.165) is 0 Å².